The van der Waals surface area contributed by atoms with E-state index in [1.807, 2.05) is 0 Å². The number of hydrogen-bond donors (Lipinski definition) is 1. The second-order valence-electron chi connectivity index (χ2n) is 5.74. The Balaban J connectivity index is 2.29. The van der Waals surface area contributed by atoms with Crippen molar-refractivity contribution >= 4 is 23.1 Å². The van der Waals surface area contributed by atoms with Crippen LogP contribution < -0.4 is 5.32 Å². The predicted molar refractivity (Wildman–Crippen MR) is 93.1 cm³/mol. The molecule has 10 heteroatoms. The average Bonchev–Trinajstić information content (AvgIpc) is 2.65. The van der Waals surface area contributed by atoms with Gasteiger partial charge in [-0.05, 0) is 13.0 Å². The molecule has 0 aromatic heterocycles. The van der Waals surface area contributed by atoms with E-state index in [1.54, 1.807) is 18.2 Å². The van der Waals surface area contributed by atoms with Crippen LogP contribution in [0.4, 0.5) is 24.5 Å². The van der Waals surface area contributed by atoms with Crippen molar-refractivity contribution in [1.82, 2.24) is 0 Å². The van der Waals surface area contributed by atoms with Crippen LogP contribution in [0.3, 0.4) is 0 Å². The first-order chi connectivity index (χ1) is 13.1. The third-order valence-electron chi connectivity index (χ3n) is 3.62. The molecule has 0 aliphatic carbocycles. The van der Waals surface area contributed by atoms with Gasteiger partial charge in [0, 0.05) is 17.7 Å². The number of halogens is 3. The van der Waals surface area contributed by atoms with Gasteiger partial charge in [0.2, 0.25) is 0 Å². The summed E-state index contributed by atoms with van der Waals surface area (Å²) in [5.74, 6) is -1.52. The number of anilines is 1. The Morgan fingerprint density at radius 2 is 1.82 bits per heavy atom. The highest BCUT2D eigenvalue weighted by Gasteiger charge is 2.30. The summed E-state index contributed by atoms with van der Waals surface area (Å²) in [6, 6.07) is 11.0. The Labute approximate surface area is 157 Å². The number of nitro benzene ring substituents is 1. The zero-order chi connectivity index (χ0) is 20.9. The van der Waals surface area contributed by atoms with Crippen molar-refractivity contribution in [3.8, 4) is 0 Å². The van der Waals surface area contributed by atoms with Crippen molar-refractivity contribution in [3.05, 3.63) is 69.8 Å². The number of amides is 1. The first-order valence-corrected chi connectivity index (χ1v) is 7.96. The molecular formula is C18H15F3N2O5. The van der Waals surface area contributed by atoms with Crippen molar-refractivity contribution < 1.29 is 32.4 Å². The van der Waals surface area contributed by atoms with Crippen LogP contribution in [0.15, 0.2) is 48.5 Å². The molecule has 0 heterocycles. The Morgan fingerprint density at radius 3 is 2.39 bits per heavy atom. The number of nitrogens with one attached hydrogen (secondary N) is 1. The number of carbonyl (C=O) groups excluding carboxylic acids is 2. The van der Waals surface area contributed by atoms with Gasteiger partial charge in [0.25, 0.3) is 11.6 Å². The van der Waals surface area contributed by atoms with Gasteiger partial charge in [-0.1, -0.05) is 30.3 Å². The Bertz CT molecular complexity index is 885. The van der Waals surface area contributed by atoms with Crippen molar-refractivity contribution in [2.75, 3.05) is 11.9 Å². The summed E-state index contributed by atoms with van der Waals surface area (Å²) in [6.07, 6.45) is -6.06. The summed E-state index contributed by atoms with van der Waals surface area (Å²) in [5, 5.41) is 13.3. The average molecular weight is 396 g/mol. The van der Waals surface area contributed by atoms with Crippen LogP contribution in [0.1, 0.15) is 22.8 Å². The Morgan fingerprint density at radius 1 is 1.18 bits per heavy atom. The van der Waals surface area contributed by atoms with Crippen LogP contribution in [0.25, 0.3) is 0 Å². The molecule has 0 aliphatic rings. The fourth-order valence-electron chi connectivity index (χ4n) is 2.22. The number of nitrogens with zero attached hydrogens (tertiary/aromatic N) is 1. The highest BCUT2D eigenvalue weighted by atomic mass is 19.4. The van der Waals surface area contributed by atoms with Crippen molar-refractivity contribution in [3.63, 3.8) is 0 Å². The third-order valence-corrected chi connectivity index (χ3v) is 3.62. The smallest absolute Gasteiger partial charge is 0.359 e. The van der Waals surface area contributed by atoms with E-state index in [9.17, 15) is 32.9 Å². The number of nitro groups is 1. The molecule has 1 atom stereocenters. The van der Waals surface area contributed by atoms with Crippen LogP contribution in [0, 0.1) is 10.1 Å². The van der Waals surface area contributed by atoms with Crippen LogP contribution in [-0.2, 0) is 9.53 Å². The minimum absolute atomic E-state index is 0.0769. The number of hydrogen-bond acceptors (Lipinski definition) is 5. The van der Waals surface area contributed by atoms with Gasteiger partial charge in [0.15, 0.2) is 5.78 Å². The Hall–Kier alpha value is -3.27. The van der Waals surface area contributed by atoms with Gasteiger partial charge in [-0.15, -0.1) is 0 Å². The molecule has 0 saturated carbocycles. The molecule has 0 radical (unpaired) electrons. The van der Waals surface area contributed by atoms with Gasteiger partial charge in [0.1, 0.15) is 12.7 Å². The van der Waals surface area contributed by atoms with Crippen molar-refractivity contribution in [1.29, 1.82) is 0 Å². The van der Waals surface area contributed by atoms with Gasteiger partial charge in [-0.2, -0.15) is 13.2 Å². The van der Waals surface area contributed by atoms with Gasteiger partial charge in [0.05, 0.1) is 16.2 Å². The summed E-state index contributed by atoms with van der Waals surface area (Å²) >= 11 is 0. The first kappa shape index (κ1) is 21.0. The lowest BCUT2D eigenvalue weighted by molar-refractivity contribution is -0.384. The highest BCUT2D eigenvalue weighted by molar-refractivity contribution is 6.14. The molecule has 0 bridgehead atoms. The zero-order valence-electron chi connectivity index (χ0n) is 14.5. The molecular weight excluding hydrogens is 381 g/mol. The topological polar surface area (TPSA) is 98.5 Å². The minimum Gasteiger partial charge on any atom is -0.359 e. The molecule has 0 saturated heterocycles. The molecule has 1 amide bonds. The van der Waals surface area contributed by atoms with E-state index in [2.05, 4.69) is 10.1 Å². The van der Waals surface area contributed by atoms with E-state index in [0.717, 1.165) is 25.1 Å². The Kier molecular flexibility index (Phi) is 6.47. The third kappa shape index (κ3) is 5.61. The molecule has 148 valence electrons. The van der Waals surface area contributed by atoms with Gasteiger partial charge in [-0.3, -0.25) is 19.7 Å². The van der Waals surface area contributed by atoms with Crippen molar-refractivity contribution in [2.24, 2.45) is 0 Å². The van der Waals surface area contributed by atoms with Gasteiger partial charge in [-0.25, -0.2) is 0 Å². The maximum atomic E-state index is 12.7. The molecule has 7 nitrogen and oxygen atoms in total. The summed E-state index contributed by atoms with van der Waals surface area (Å²) in [5.41, 5.74) is -0.401. The molecule has 0 spiro atoms. The maximum absolute atomic E-state index is 12.7. The number of carbonyl (C=O) groups is 2. The molecule has 1 unspecified atom stereocenters. The van der Waals surface area contributed by atoms with E-state index < -0.39 is 35.5 Å². The minimum atomic E-state index is -4.60. The molecule has 28 heavy (non-hydrogen) atoms. The predicted octanol–water partition coefficient (Wildman–Crippen LogP) is 3.73. The van der Waals surface area contributed by atoms with Crippen LogP contribution >= 0.6 is 0 Å². The van der Waals surface area contributed by atoms with E-state index in [4.69, 9.17) is 0 Å². The van der Waals surface area contributed by atoms with E-state index in [0.29, 0.717) is 0 Å². The van der Waals surface area contributed by atoms with Gasteiger partial charge < -0.3 is 10.1 Å². The largest absolute Gasteiger partial charge is 0.411 e. The number of alkyl halides is 3. The van der Waals surface area contributed by atoms with Crippen LogP contribution in [0.5, 0.6) is 0 Å². The number of benzene rings is 2. The van der Waals surface area contributed by atoms with E-state index >= 15 is 0 Å². The second kappa shape index (κ2) is 8.61. The fraction of sp³-hybridized carbons (Fsp3) is 0.222. The number of rotatable bonds is 7. The summed E-state index contributed by atoms with van der Waals surface area (Å²) < 4.78 is 41.1. The lowest BCUT2D eigenvalue weighted by atomic mass is 10.0. The SMILES string of the molecule is CC(OCC(F)(F)F)C(=O)Nc1ccc([N+](=O)[O-])cc1C(=O)c1ccccc1. The maximum Gasteiger partial charge on any atom is 0.411 e. The quantitative estimate of drug-likeness (QED) is 0.437. The zero-order valence-corrected chi connectivity index (χ0v) is 14.5. The van der Waals surface area contributed by atoms with E-state index in [1.165, 1.54) is 12.1 Å². The monoisotopic (exact) mass is 396 g/mol. The molecule has 0 aliphatic heterocycles. The second-order valence-corrected chi connectivity index (χ2v) is 5.74. The van der Waals surface area contributed by atoms with Crippen LogP contribution in [0.2, 0.25) is 0 Å². The van der Waals surface area contributed by atoms with Gasteiger partial charge >= 0.3 is 6.18 Å². The molecule has 0 fully saturated rings. The molecule has 2 rings (SSSR count). The molecule has 2 aromatic carbocycles. The molecule has 1 N–H and O–H groups in total. The first-order valence-electron chi connectivity index (χ1n) is 7.96. The normalized spacial score (nSPS) is 12.3. The van der Waals surface area contributed by atoms with Crippen molar-refractivity contribution in [2.45, 2.75) is 19.2 Å². The van der Waals surface area contributed by atoms with E-state index in [-0.39, 0.29) is 22.5 Å². The lowest BCUT2D eigenvalue weighted by Crippen LogP contribution is -2.32. The summed E-state index contributed by atoms with van der Waals surface area (Å²) in [7, 11) is 0. The van der Waals surface area contributed by atoms with Crippen LogP contribution in [-0.4, -0.2) is 35.5 Å². The number of ketones is 1. The summed E-state index contributed by atoms with van der Waals surface area (Å²) in [6.45, 7) is -0.497. The fourth-order valence-corrected chi connectivity index (χ4v) is 2.22. The summed E-state index contributed by atoms with van der Waals surface area (Å²) in [4.78, 5) is 35.1. The highest BCUT2D eigenvalue weighted by Crippen LogP contribution is 2.25. The lowest BCUT2D eigenvalue weighted by Gasteiger charge is -2.16. The molecule has 2 aromatic rings. The number of non-ortho nitro benzene ring substituents is 1. The standard InChI is InChI=1S/C18H15F3N2O5/c1-11(28-10-18(19,20)21)17(25)22-15-8-7-13(23(26)27)9-14(15)16(24)12-5-3-2-4-6-12/h2-9,11H,10H2,1H3,(H,22,25). The number of ether oxygens (including phenoxy) is 1.